The molecule has 0 atom stereocenters. The van der Waals surface area contributed by atoms with E-state index in [9.17, 15) is 4.79 Å². The number of thiocarbonyl (C=S) groups is 1. The Balaban J connectivity index is 1.38. The van der Waals surface area contributed by atoms with E-state index in [0.717, 1.165) is 16.8 Å². The summed E-state index contributed by atoms with van der Waals surface area (Å²) in [6.07, 6.45) is 1.85. The van der Waals surface area contributed by atoms with Crippen molar-refractivity contribution in [2.24, 2.45) is 0 Å². The van der Waals surface area contributed by atoms with Crippen LogP contribution in [0.15, 0.2) is 95.9 Å². The van der Waals surface area contributed by atoms with Gasteiger partial charge in [-0.15, -0.1) is 0 Å². The molecular weight excluding hydrogens is 474 g/mol. The Kier molecular flexibility index (Phi) is 6.84. The minimum absolute atomic E-state index is 0.125. The molecule has 0 unspecified atom stereocenters. The number of nitrogens with zero attached hydrogens (tertiary/aromatic N) is 1. The predicted octanol–water partition coefficient (Wildman–Crippen LogP) is 7.22. The van der Waals surface area contributed by atoms with Crippen LogP contribution < -0.4 is 14.4 Å². The minimum atomic E-state index is -0.125. The lowest BCUT2D eigenvalue weighted by molar-refractivity contribution is -0.113. The fourth-order valence-electron chi connectivity index (χ4n) is 3.99. The van der Waals surface area contributed by atoms with Crippen LogP contribution in [0.3, 0.4) is 0 Å². The molecule has 0 aliphatic carbocycles. The fraction of sp³-hybridized carbons (Fsp3) is 0.103. The van der Waals surface area contributed by atoms with E-state index in [0.29, 0.717) is 33.9 Å². The number of hydrogen-bond donors (Lipinski definition) is 0. The standard InChI is InChI=1S/C29H23NO3S2/c1-2-32-26-17-20(18-27-28(31)30(29(34)35-27)23-12-4-3-5-13-23)15-16-25(26)33-19-22-11-8-10-21-9-6-7-14-24(21)22/h3-18H,2,19H2,1H3. The van der Waals surface area contributed by atoms with Gasteiger partial charge in [-0.2, -0.15) is 0 Å². The van der Waals surface area contributed by atoms with E-state index in [4.69, 9.17) is 21.7 Å². The number of anilines is 1. The molecule has 0 aromatic heterocycles. The molecule has 1 saturated heterocycles. The van der Waals surface area contributed by atoms with Crippen LogP contribution in [-0.2, 0) is 11.4 Å². The second-order valence-electron chi connectivity index (χ2n) is 7.92. The SMILES string of the molecule is CCOc1cc(C=C2SC(=S)N(c3ccccc3)C2=O)ccc1OCc1cccc2ccccc12. The molecular formula is C29H23NO3S2. The first-order chi connectivity index (χ1) is 17.1. The molecule has 4 aromatic rings. The van der Waals surface area contributed by atoms with Gasteiger partial charge in [-0.05, 0) is 59.2 Å². The van der Waals surface area contributed by atoms with Crippen LogP contribution in [0.1, 0.15) is 18.1 Å². The van der Waals surface area contributed by atoms with Gasteiger partial charge in [-0.3, -0.25) is 9.69 Å². The van der Waals surface area contributed by atoms with E-state index in [1.165, 1.54) is 22.5 Å². The Morgan fingerprint density at radius 2 is 1.66 bits per heavy atom. The highest BCUT2D eigenvalue weighted by molar-refractivity contribution is 8.27. The average molecular weight is 498 g/mol. The summed E-state index contributed by atoms with van der Waals surface area (Å²) in [5, 5.41) is 2.35. The molecule has 0 radical (unpaired) electrons. The number of rotatable bonds is 7. The molecule has 1 aliphatic heterocycles. The van der Waals surface area contributed by atoms with Gasteiger partial charge in [0.15, 0.2) is 15.8 Å². The number of benzene rings is 4. The van der Waals surface area contributed by atoms with Gasteiger partial charge >= 0.3 is 0 Å². The van der Waals surface area contributed by atoms with Gasteiger partial charge < -0.3 is 9.47 Å². The first-order valence-electron chi connectivity index (χ1n) is 11.3. The molecule has 0 N–H and O–H groups in total. The van der Waals surface area contributed by atoms with Gasteiger partial charge in [-0.1, -0.05) is 90.7 Å². The third-order valence-electron chi connectivity index (χ3n) is 5.64. The van der Waals surface area contributed by atoms with E-state index in [1.807, 2.05) is 79.7 Å². The van der Waals surface area contributed by atoms with Crippen molar-refractivity contribution in [1.82, 2.24) is 0 Å². The number of para-hydroxylation sites is 1. The van der Waals surface area contributed by atoms with Crippen LogP contribution in [0.4, 0.5) is 5.69 Å². The molecule has 6 heteroatoms. The molecule has 1 aliphatic rings. The first-order valence-corrected chi connectivity index (χ1v) is 12.6. The highest BCUT2D eigenvalue weighted by Crippen LogP contribution is 2.37. The molecule has 174 valence electrons. The number of ether oxygens (including phenoxy) is 2. The monoisotopic (exact) mass is 497 g/mol. The molecule has 1 heterocycles. The molecule has 5 rings (SSSR count). The Hall–Kier alpha value is -3.61. The summed E-state index contributed by atoms with van der Waals surface area (Å²) in [4.78, 5) is 15.2. The van der Waals surface area contributed by atoms with Crippen LogP contribution in [0.5, 0.6) is 11.5 Å². The van der Waals surface area contributed by atoms with Crippen molar-refractivity contribution in [2.45, 2.75) is 13.5 Å². The zero-order valence-corrected chi connectivity index (χ0v) is 20.8. The van der Waals surface area contributed by atoms with Crippen molar-refractivity contribution in [1.29, 1.82) is 0 Å². The van der Waals surface area contributed by atoms with E-state index >= 15 is 0 Å². The van der Waals surface area contributed by atoms with E-state index < -0.39 is 0 Å². The van der Waals surface area contributed by atoms with E-state index in [1.54, 1.807) is 4.90 Å². The average Bonchev–Trinajstić information content (AvgIpc) is 3.16. The molecule has 4 nitrogen and oxygen atoms in total. The molecule has 0 bridgehead atoms. The normalized spacial score (nSPS) is 14.7. The summed E-state index contributed by atoms with van der Waals surface area (Å²) in [5.74, 6) is 1.18. The molecule has 1 fully saturated rings. The summed E-state index contributed by atoms with van der Waals surface area (Å²) >= 11 is 6.78. The smallest absolute Gasteiger partial charge is 0.270 e. The summed E-state index contributed by atoms with van der Waals surface area (Å²) in [6, 6.07) is 29.6. The third kappa shape index (κ3) is 4.94. The van der Waals surface area contributed by atoms with Crippen molar-refractivity contribution in [2.75, 3.05) is 11.5 Å². The van der Waals surface area contributed by atoms with Crippen molar-refractivity contribution in [3.05, 3.63) is 107 Å². The van der Waals surface area contributed by atoms with Gasteiger partial charge in [-0.25, -0.2) is 0 Å². The lowest BCUT2D eigenvalue weighted by Gasteiger charge is -2.14. The number of hydrogen-bond acceptors (Lipinski definition) is 5. The highest BCUT2D eigenvalue weighted by Gasteiger charge is 2.33. The lowest BCUT2D eigenvalue weighted by Crippen LogP contribution is -2.27. The predicted molar refractivity (Wildman–Crippen MR) is 148 cm³/mol. The number of amides is 1. The van der Waals surface area contributed by atoms with E-state index in [-0.39, 0.29) is 5.91 Å². The van der Waals surface area contributed by atoms with Crippen LogP contribution in [0.2, 0.25) is 0 Å². The Morgan fingerprint density at radius 3 is 2.49 bits per heavy atom. The van der Waals surface area contributed by atoms with Crippen LogP contribution in [0, 0.1) is 0 Å². The number of fused-ring (bicyclic) bond motifs is 1. The Morgan fingerprint density at radius 1 is 0.886 bits per heavy atom. The van der Waals surface area contributed by atoms with Gasteiger partial charge in [0.2, 0.25) is 0 Å². The van der Waals surface area contributed by atoms with Crippen molar-refractivity contribution in [3.8, 4) is 11.5 Å². The van der Waals surface area contributed by atoms with Gasteiger partial charge in [0.1, 0.15) is 6.61 Å². The van der Waals surface area contributed by atoms with Crippen LogP contribution in [-0.4, -0.2) is 16.8 Å². The van der Waals surface area contributed by atoms with Gasteiger partial charge in [0, 0.05) is 0 Å². The Labute approximate surface area is 214 Å². The second kappa shape index (κ2) is 10.3. The Bertz CT molecular complexity index is 1430. The summed E-state index contributed by atoms with van der Waals surface area (Å²) in [5.41, 5.74) is 2.73. The molecule has 4 aromatic carbocycles. The third-order valence-corrected chi connectivity index (χ3v) is 6.94. The fourth-order valence-corrected chi connectivity index (χ4v) is 5.29. The molecule has 0 saturated carbocycles. The first kappa shape index (κ1) is 23.1. The molecule has 0 spiro atoms. The largest absolute Gasteiger partial charge is 0.490 e. The maximum atomic E-state index is 13.1. The molecule has 35 heavy (non-hydrogen) atoms. The zero-order valence-electron chi connectivity index (χ0n) is 19.1. The summed E-state index contributed by atoms with van der Waals surface area (Å²) in [6.45, 7) is 2.87. The van der Waals surface area contributed by atoms with Crippen molar-refractivity contribution >= 4 is 56.7 Å². The van der Waals surface area contributed by atoms with Gasteiger partial charge in [0.05, 0.1) is 17.2 Å². The van der Waals surface area contributed by atoms with Crippen molar-refractivity contribution in [3.63, 3.8) is 0 Å². The van der Waals surface area contributed by atoms with Crippen molar-refractivity contribution < 1.29 is 14.3 Å². The van der Waals surface area contributed by atoms with E-state index in [2.05, 4.69) is 24.3 Å². The number of thioether (sulfide) groups is 1. The topological polar surface area (TPSA) is 38.8 Å². The summed E-state index contributed by atoms with van der Waals surface area (Å²) in [7, 11) is 0. The number of carbonyl (C=O) groups excluding carboxylic acids is 1. The maximum Gasteiger partial charge on any atom is 0.270 e. The van der Waals surface area contributed by atoms with Crippen LogP contribution in [0.25, 0.3) is 16.8 Å². The quantitative estimate of drug-likeness (QED) is 0.199. The summed E-state index contributed by atoms with van der Waals surface area (Å²) < 4.78 is 12.6. The zero-order chi connectivity index (χ0) is 24.2. The number of carbonyl (C=O) groups is 1. The minimum Gasteiger partial charge on any atom is -0.490 e. The van der Waals surface area contributed by atoms with Gasteiger partial charge in [0.25, 0.3) is 5.91 Å². The maximum absolute atomic E-state index is 13.1. The lowest BCUT2D eigenvalue weighted by atomic mass is 10.1. The van der Waals surface area contributed by atoms with Crippen LogP contribution >= 0.6 is 24.0 Å². The molecule has 1 amide bonds. The highest BCUT2D eigenvalue weighted by atomic mass is 32.2. The second-order valence-corrected chi connectivity index (χ2v) is 9.59.